The fourth-order valence-electron chi connectivity index (χ4n) is 1.39. The van der Waals surface area contributed by atoms with E-state index in [0.29, 0.717) is 24.9 Å². The summed E-state index contributed by atoms with van der Waals surface area (Å²) in [7, 11) is -3.57. The molecule has 0 atom stereocenters. The van der Waals surface area contributed by atoms with Gasteiger partial charge in [0.2, 0.25) is 5.09 Å². The Kier molecular flexibility index (Phi) is 5.79. The Morgan fingerprint density at radius 2 is 1.95 bits per heavy atom. The van der Waals surface area contributed by atoms with Crippen LogP contribution in [0, 0.1) is 5.41 Å². The summed E-state index contributed by atoms with van der Waals surface area (Å²) in [6.45, 7) is 11.0. The molecule has 2 N–H and O–H groups in total. The van der Waals surface area contributed by atoms with Gasteiger partial charge in [0, 0.05) is 12.6 Å². The molecule has 5 nitrogen and oxygen atoms in total. The van der Waals surface area contributed by atoms with Gasteiger partial charge in [-0.15, -0.1) is 0 Å². The smallest absolute Gasteiger partial charge is 0.273 e. The van der Waals surface area contributed by atoms with E-state index in [-0.39, 0.29) is 10.5 Å². The van der Waals surface area contributed by atoms with Gasteiger partial charge in [0.05, 0.1) is 6.54 Å². The van der Waals surface area contributed by atoms with Gasteiger partial charge in [0.15, 0.2) is 0 Å². The molecule has 1 rings (SSSR count). The molecule has 0 amide bonds. The lowest BCUT2D eigenvalue weighted by molar-refractivity contribution is 0.345. The largest absolute Gasteiger partial charge is 0.447 e. The number of hydrogen-bond acceptors (Lipinski definition) is 4. The van der Waals surface area contributed by atoms with Crippen molar-refractivity contribution in [1.82, 2.24) is 10.0 Å². The lowest BCUT2D eigenvalue weighted by Crippen LogP contribution is -2.33. The summed E-state index contributed by atoms with van der Waals surface area (Å²) in [5.74, 6) is 0.619. The number of nitrogens with one attached hydrogen (secondary N) is 2. The number of rotatable bonds is 8. The maximum absolute atomic E-state index is 12.1. The van der Waals surface area contributed by atoms with Crippen molar-refractivity contribution in [1.29, 1.82) is 0 Å². The molecule has 20 heavy (non-hydrogen) atoms. The molecular weight excluding hydrogens is 276 g/mol. The highest BCUT2D eigenvalue weighted by Crippen LogP contribution is 2.20. The fourth-order valence-corrected chi connectivity index (χ4v) is 2.58. The topological polar surface area (TPSA) is 71.3 Å². The molecular formula is C14H26N2O3S. The zero-order valence-corrected chi connectivity index (χ0v) is 13.8. The van der Waals surface area contributed by atoms with Crippen LogP contribution in [0.5, 0.6) is 0 Å². The minimum absolute atomic E-state index is 0.0232. The van der Waals surface area contributed by atoms with Gasteiger partial charge >= 0.3 is 0 Å². The highest BCUT2D eigenvalue weighted by Gasteiger charge is 2.23. The van der Waals surface area contributed by atoms with E-state index in [1.807, 2.05) is 34.6 Å². The molecule has 0 aliphatic carbocycles. The first-order valence-electron chi connectivity index (χ1n) is 6.98. The Hall–Kier alpha value is -0.850. The van der Waals surface area contributed by atoms with Crippen molar-refractivity contribution in [3.05, 3.63) is 17.9 Å². The third-order valence-electron chi connectivity index (χ3n) is 3.28. The van der Waals surface area contributed by atoms with Crippen molar-refractivity contribution in [2.75, 3.05) is 6.54 Å². The summed E-state index contributed by atoms with van der Waals surface area (Å²) in [6, 6.07) is 3.51. The molecule has 6 heteroatoms. The molecule has 0 aliphatic rings. The third kappa shape index (κ3) is 5.26. The van der Waals surface area contributed by atoms with Gasteiger partial charge in [0.25, 0.3) is 10.0 Å². The SMILES string of the molecule is CCC(C)(C)CNS(=O)(=O)c1ccc(CNC(C)C)o1. The first kappa shape index (κ1) is 17.2. The van der Waals surface area contributed by atoms with E-state index < -0.39 is 10.0 Å². The predicted octanol–water partition coefficient (Wildman–Crippen LogP) is 2.49. The Morgan fingerprint density at radius 3 is 2.50 bits per heavy atom. The molecule has 0 spiro atoms. The van der Waals surface area contributed by atoms with E-state index in [0.717, 1.165) is 6.42 Å². The zero-order valence-electron chi connectivity index (χ0n) is 13.0. The molecule has 0 aliphatic heterocycles. The monoisotopic (exact) mass is 302 g/mol. The maximum Gasteiger partial charge on any atom is 0.273 e. The molecule has 1 aromatic heterocycles. The minimum Gasteiger partial charge on any atom is -0.447 e. The van der Waals surface area contributed by atoms with Gasteiger partial charge in [-0.05, 0) is 24.0 Å². The van der Waals surface area contributed by atoms with Crippen LogP contribution < -0.4 is 10.0 Å². The molecule has 0 bridgehead atoms. The molecule has 0 aromatic carbocycles. The fraction of sp³-hybridized carbons (Fsp3) is 0.714. The second kappa shape index (κ2) is 6.74. The number of hydrogen-bond donors (Lipinski definition) is 2. The first-order valence-corrected chi connectivity index (χ1v) is 8.46. The summed E-state index contributed by atoms with van der Waals surface area (Å²) in [4.78, 5) is 0. The van der Waals surface area contributed by atoms with Crippen molar-refractivity contribution in [3.63, 3.8) is 0 Å². The molecule has 0 unspecified atom stereocenters. The molecule has 1 aromatic rings. The van der Waals surface area contributed by atoms with Crippen molar-refractivity contribution < 1.29 is 12.8 Å². The lowest BCUT2D eigenvalue weighted by atomic mass is 9.91. The standard InChI is InChI=1S/C14H26N2O3S/c1-6-14(4,5)10-16-20(17,18)13-8-7-12(19-13)9-15-11(2)3/h7-8,11,15-16H,6,9-10H2,1-5H3. The van der Waals surface area contributed by atoms with Gasteiger partial charge in [-0.25, -0.2) is 13.1 Å². The average molecular weight is 302 g/mol. The van der Waals surface area contributed by atoms with Gasteiger partial charge in [0.1, 0.15) is 5.76 Å². The van der Waals surface area contributed by atoms with E-state index >= 15 is 0 Å². The Labute approximate surface area is 122 Å². The summed E-state index contributed by atoms with van der Waals surface area (Å²) in [6.07, 6.45) is 0.900. The van der Waals surface area contributed by atoms with Crippen LogP contribution >= 0.6 is 0 Å². The van der Waals surface area contributed by atoms with Crippen LogP contribution in [0.25, 0.3) is 0 Å². The van der Waals surface area contributed by atoms with E-state index in [1.165, 1.54) is 6.07 Å². The number of furan rings is 1. The van der Waals surface area contributed by atoms with E-state index in [9.17, 15) is 8.42 Å². The normalized spacial score (nSPS) is 13.1. The van der Waals surface area contributed by atoms with Crippen molar-refractivity contribution in [3.8, 4) is 0 Å². The lowest BCUT2D eigenvalue weighted by Gasteiger charge is -2.22. The summed E-state index contributed by atoms with van der Waals surface area (Å²) >= 11 is 0. The van der Waals surface area contributed by atoms with Crippen molar-refractivity contribution in [2.24, 2.45) is 5.41 Å². The molecule has 0 saturated carbocycles. The predicted molar refractivity (Wildman–Crippen MR) is 79.9 cm³/mol. The summed E-state index contributed by atoms with van der Waals surface area (Å²) in [5, 5.41) is 3.16. The molecule has 0 radical (unpaired) electrons. The van der Waals surface area contributed by atoms with Crippen LogP contribution in [0.1, 0.15) is 46.8 Å². The minimum atomic E-state index is -3.57. The van der Waals surface area contributed by atoms with Gasteiger partial charge in [-0.1, -0.05) is 34.6 Å². The highest BCUT2D eigenvalue weighted by molar-refractivity contribution is 7.89. The third-order valence-corrected chi connectivity index (χ3v) is 4.56. The van der Waals surface area contributed by atoms with Crippen LogP contribution in [0.15, 0.2) is 21.6 Å². The number of sulfonamides is 1. The van der Waals surface area contributed by atoms with Crippen molar-refractivity contribution in [2.45, 2.75) is 58.7 Å². The average Bonchev–Trinajstić information content (AvgIpc) is 2.84. The quantitative estimate of drug-likeness (QED) is 0.774. The van der Waals surface area contributed by atoms with Crippen LogP contribution in [0.4, 0.5) is 0 Å². The maximum atomic E-state index is 12.1. The summed E-state index contributed by atoms with van der Waals surface area (Å²) in [5.41, 5.74) is -0.0678. The van der Waals surface area contributed by atoms with E-state index in [1.54, 1.807) is 6.07 Å². The first-order chi connectivity index (χ1) is 9.16. The van der Waals surface area contributed by atoms with Crippen molar-refractivity contribution >= 4 is 10.0 Å². The van der Waals surface area contributed by atoms with Crippen LogP contribution in [-0.4, -0.2) is 21.0 Å². The van der Waals surface area contributed by atoms with Crippen LogP contribution in [-0.2, 0) is 16.6 Å². The van der Waals surface area contributed by atoms with Crippen LogP contribution in [0.3, 0.4) is 0 Å². The Morgan fingerprint density at radius 1 is 1.30 bits per heavy atom. The van der Waals surface area contributed by atoms with Crippen LogP contribution in [0.2, 0.25) is 0 Å². The molecule has 116 valence electrons. The van der Waals surface area contributed by atoms with Gasteiger partial charge in [-0.2, -0.15) is 0 Å². The Balaban J connectivity index is 2.69. The second-order valence-corrected chi connectivity index (χ2v) is 7.80. The molecule has 1 heterocycles. The molecule has 0 saturated heterocycles. The zero-order chi connectivity index (χ0) is 15.4. The highest BCUT2D eigenvalue weighted by atomic mass is 32.2. The summed E-state index contributed by atoms with van der Waals surface area (Å²) < 4.78 is 32.2. The van der Waals surface area contributed by atoms with E-state index in [4.69, 9.17) is 4.42 Å². The Bertz CT molecular complexity index is 518. The van der Waals surface area contributed by atoms with E-state index in [2.05, 4.69) is 10.0 Å². The second-order valence-electron chi connectivity index (χ2n) is 6.10. The molecule has 0 fully saturated rings. The van der Waals surface area contributed by atoms with Gasteiger partial charge < -0.3 is 9.73 Å². The van der Waals surface area contributed by atoms with Gasteiger partial charge in [-0.3, -0.25) is 0 Å².